The minimum atomic E-state index is -0.717. The Bertz CT molecular complexity index is 724. The monoisotopic (exact) mass is 335 g/mol. The summed E-state index contributed by atoms with van der Waals surface area (Å²) in [7, 11) is 0. The SMILES string of the molecule is NC(=O)c1nc2n(c1C=O)CCOc1ccc(Br)cc1-2. The van der Waals surface area contributed by atoms with Crippen molar-refractivity contribution in [2.45, 2.75) is 6.54 Å². The zero-order chi connectivity index (χ0) is 14.3. The molecule has 0 saturated heterocycles. The zero-order valence-electron chi connectivity index (χ0n) is 10.3. The number of carbonyl (C=O) groups is 2. The van der Waals surface area contributed by atoms with Crippen molar-refractivity contribution in [1.29, 1.82) is 0 Å². The van der Waals surface area contributed by atoms with Crippen LogP contribution >= 0.6 is 15.9 Å². The fourth-order valence-corrected chi connectivity index (χ4v) is 2.61. The third kappa shape index (κ3) is 1.90. The number of carbonyl (C=O) groups excluding carboxylic acids is 2. The lowest BCUT2D eigenvalue weighted by Crippen LogP contribution is -2.16. The maximum atomic E-state index is 11.4. The molecule has 0 unspecified atom stereocenters. The van der Waals surface area contributed by atoms with Crippen molar-refractivity contribution in [3.63, 3.8) is 0 Å². The Kier molecular flexibility index (Phi) is 3.06. The van der Waals surface area contributed by atoms with Gasteiger partial charge in [-0.3, -0.25) is 9.59 Å². The number of halogens is 1. The van der Waals surface area contributed by atoms with Gasteiger partial charge in [-0.2, -0.15) is 0 Å². The Hall–Kier alpha value is -2.15. The Morgan fingerprint density at radius 3 is 3.00 bits per heavy atom. The van der Waals surface area contributed by atoms with Gasteiger partial charge in [0, 0.05) is 4.47 Å². The largest absolute Gasteiger partial charge is 0.491 e. The van der Waals surface area contributed by atoms with Crippen molar-refractivity contribution in [3.05, 3.63) is 34.1 Å². The van der Waals surface area contributed by atoms with Gasteiger partial charge in [0.1, 0.15) is 23.9 Å². The van der Waals surface area contributed by atoms with Gasteiger partial charge >= 0.3 is 0 Å². The average Bonchev–Trinajstić information content (AvgIpc) is 2.70. The van der Waals surface area contributed by atoms with Crippen LogP contribution in [0.4, 0.5) is 0 Å². The Morgan fingerprint density at radius 2 is 2.30 bits per heavy atom. The molecule has 0 spiro atoms. The van der Waals surface area contributed by atoms with Crippen molar-refractivity contribution in [1.82, 2.24) is 9.55 Å². The minimum Gasteiger partial charge on any atom is -0.491 e. The lowest BCUT2D eigenvalue weighted by atomic mass is 10.2. The average molecular weight is 336 g/mol. The molecule has 0 atom stereocenters. The van der Waals surface area contributed by atoms with Crippen LogP contribution in [-0.4, -0.2) is 28.4 Å². The molecular formula is C13H10BrN3O3. The van der Waals surface area contributed by atoms with E-state index in [2.05, 4.69) is 20.9 Å². The summed E-state index contributed by atoms with van der Waals surface area (Å²) in [6.45, 7) is 0.813. The van der Waals surface area contributed by atoms with E-state index in [-0.39, 0.29) is 11.4 Å². The van der Waals surface area contributed by atoms with Crippen molar-refractivity contribution in [2.24, 2.45) is 5.73 Å². The number of nitrogens with zero attached hydrogens (tertiary/aromatic N) is 2. The Balaban J connectivity index is 2.31. The van der Waals surface area contributed by atoms with Crippen molar-refractivity contribution < 1.29 is 14.3 Å². The summed E-state index contributed by atoms with van der Waals surface area (Å²) < 4.78 is 8.14. The first kappa shape index (κ1) is 12.9. The molecule has 0 radical (unpaired) electrons. The first-order valence-electron chi connectivity index (χ1n) is 5.90. The minimum absolute atomic E-state index is 0.0113. The number of aromatic nitrogens is 2. The van der Waals surface area contributed by atoms with Gasteiger partial charge in [0.2, 0.25) is 0 Å². The maximum Gasteiger partial charge on any atom is 0.269 e. The molecule has 0 saturated carbocycles. The second-order valence-electron chi connectivity index (χ2n) is 4.29. The molecule has 6 nitrogen and oxygen atoms in total. The molecule has 1 amide bonds. The number of fused-ring (bicyclic) bond motifs is 3. The molecule has 1 aliphatic rings. The molecule has 1 aliphatic heterocycles. The molecule has 0 bridgehead atoms. The van der Waals surface area contributed by atoms with Crippen LogP contribution < -0.4 is 10.5 Å². The van der Waals surface area contributed by atoms with E-state index in [0.29, 0.717) is 36.6 Å². The Labute approximate surface area is 122 Å². The number of hydrogen-bond donors (Lipinski definition) is 1. The van der Waals surface area contributed by atoms with Gasteiger partial charge < -0.3 is 15.0 Å². The highest BCUT2D eigenvalue weighted by Crippen LogP contribution is 2.35. The molecule has 7 heteroatoms. The van der Waals surface area contributed by atoms with Gasteiger partial charge in [-0.15, -0.1) is 0 Å². The van der Waals surface area contributed by atoms with Gasteiger partial charge in [0.15, 0.2) is 12.0 Å². The van der Waals surface area contributed by atoms with E-state index in [1.807, 2.05) is 18.2 Å². The van der Waals surface area contributed by atoms with Gasteiger partial charge in [-0.05, 0) is 18.2 Å². The lowest BCUT2D eigenvalue weighted by molar-refractivity contribution is 0.0987. The smallest absolute Gasteiger partial charge is 0.269 e. The van der Waals surface area contributed by atoms with Crippen molar-refractivity contribution >= 4 is 28.1 Å². The maximum absolute atomic E-state index is 11.4. The molecule has 0 fully saturated rings. The number of ether oxygens (including phenoxy) is 1. The summed E-state index contributed by atoms with van der Waals surface area (Å²) in [4.78, 5) is 26.9. The summed E-state index contributed by atoms with van der Waals surface area (Å²) >= 11 is 3.39. The number of hydrogen-bond acceptors (Lipinski definition) is 4. The van der Waals surface area contributed by atoms with Crippen LogP contribution in [0, 0.1) is 0 Å². The first-order chi connectivity index (χ1) is 9.61. The van der Waals surface area contributed by atoms with Gasteiger partial charge in [-0.25, -0.2) is 4.98 Å². The van der Waals surface area contributed by atoms with Gasteiger partial charge in [0.05, 0.1) is 12.1 Å². The summed E-state index contributed by atoms with van der Waals surface area (Å²) in [6.07, 6.45) is 0.597. The third-order valence-electron chi connectivity index (χ3n) is 3.11. The number of imidazole rings is 1. The van der Waals surface area contributed by atoms with E-state index in [4.69, 9.17) is 10.5 Å². The standard InChI is InChI=1S/C13H10BrN3O3/c14-7-1-2-10-8(5-7)13-16-11(12(15)19)9(6-18)17(13)3-4-20-10/h1-2,5-6H,3-4H2,(H2,15,19). The van der Waals surface area contributed by atoms with Crippen LogP contribution in [0.1, 0.15) is 21.0 Å². The molecular weight excluding hydrogens is 326 g/mol. The van der Waals surface area contributed by atoms with Crippen LogP contribution in [0.2, 0.25) is 0 Å². The number of benzene rings is 1. The van der Waals surface area contributed by atoms with E-state index in [1.54, 1.807) is 4.57 Å². The molecule has 20 heavy (non-hydrogen) atoms. The molecule has 102 valence electrons. The molecule has 0 aliphatic carbocycles. The summed E-state index contributed by atoms with van der Waals surface area (Å²) in [6, 6.07) is 5.50. The molecule has 2 heterocycles. The van der Waals surface area contributed by atoms with E-state index >= 15 is 0 Å². The number of primary amides is 1. The van der Waals surface area contributed by atoms with E-state index < -0.39 is 5.91 Å². The molecule has 1 aromatic heterocycles. The van der Waals surface area contributed by atoms with Gasteiger partial charge in [-0.1, -0.05) is 15.9 Å². The Morgan fingerprint density at radius 1 is 1.50 bits per heavy atom. The number of amides is 1. The lowest BCUT2D eigenvalue weighted by Gasteiger charge is -2.05. The predicted octanol–water partition coefficient (Wildman–Crippen LogP) is 1.62. The molecule has 2 N–H and O–H groups in total. The van der Waals surface area contributed by atoms with Crippen LogP contribution in [0.15, 0.2) is 22.7 Å². The van der Waals surface area contributed by atoms with Crippen LogP contribution in [0.5, 0.6) is 5.75 Å². The second kappa shape index (κ2) is 4.75. The number of nitrogens with two attached hydrogens (primary N) is 1. The van der Waals surface area contributed by atoms with Gasteiger partial charge in [0.25, 0.3) is 5.91 Å². The molecule has 1 aromatic carbocycles. The number of aldehydes is 1. The van der Waals surface area contributed by atoms with E-state index in [9.17, 15) is 9.59 Å². The highest BCUT2D eigenvalue weighted by Gasteiger charge is 2.25. The third-order valence-corrected chi connectivity index (χ3v) is 3.60. The molecule has 3 rings (SSSR count). The predicted molar refractivity (Wildman–Crippen MR) is 74.8 cm³/mol. The topological polar surface area (TPSA) is 87.2 Å². The molecule has 2 aromatic rings. The van der Waals surface area contributed by atoms with Crippen molar-refractivity contribution in [3.8, 4) is 17.1 Å². The van der Waals surface area contributed by atoms with E-state index in [1.165, 1.54) is 0 Å². The highest BCUT2D eigenvalue weighted by molar-refractivity contribution is 9.10. The summed E-state index contributed by atoms with van der Waals surface area (Å²) in [5, 5.41) is 0. The summed E-state index contributed by atoms with van der Waals surface area (Å²) in [5.41, 5.74) is 6.17. The fourth-order valence-electron chi connectivity index (χ4n) is 2.25. The van der Waals surface area contributed by atoms with Crippen LogP contribution in [0.3, 0.4) is 0 Å². The van der Waals surface area contributed by atoms with E-state index in [0.717, 1.165) is 4.47 Å². The normalized spacial score (nSPS) is 12.8. The first-order valence-corrected chi connectivity index (χ1v) is 6.69. The zero-order valence-corrected chi connectivity index (χ0v) is 11.9. The van der Waals surface area contributed by atoms with Crippen LogP contribution in [0.25, 0.3) is 11.4 Å². The summed E-state index contributed by atoms with van der Waals surface area (Å²) in [5.74, 6) is 0.449. The fraction of sp³-hybridized carbons (Fsp3) is 0.154. The van der Waals surface area contributed by atoms with Crippen molar-refractivity contribution in [2.75, 3.05) is 6.61 Å². The quantitative estimate of drug-likeness (QED) is 0.844. The van der Waals surface area contributed by atoms with Crippen LogP contribution in [-0.2, 0) is 6.54 Å². The highest BCUT2D eigenvalue weighted by atomic mass is 79.9. The number of rotatable bonds is 2. The second-order valence-corrected chi connectivity index (χ2v) is 5.21.